The molecule has 4 aliphatic carbocycles. The largest absolute Gasteiger partial charge is 0.397 e. The molecule has 232 valence electrons. The average molecular weight is 609 g/mol. The minimum atomic E-state index is -4.69. The molecule has 4 rings (SSSR count). The molecule has 0 heterocycles. The fourth-order valence-electron chi connectivity index (χ4n) is 9.74. The summed E-state index contributed by atoms with van der Waals surface area (Å²) in [5, 5.41) is 22.9. The van der Waals surface area contributed by atoms with Gasteiger partial charge in [-0.05, 0) is 110 Å². The summed E-state index contributed by atoms with van der Waals surface area (Å²) < 4.78 is 74.0. The van der Waals surface area contributed by atoms with Gasteiger partial charge in [-0.3, -0.25) is 9.11 Å². The third-order valence-electron chi connectivity index (χ3n) is 11.6. The van der Waals surface area contributed by atoms with Crippen LogP contribution in [-0.4, -0.2) is 61.1 Å². The van der Waals surface area contributed by atoms with Gasteiger partial charge in [0.05, 0.1) is 18.8 Å². The highest BCUT2D eigenvalue weighted by Crippen LogP contribution is 2.68. The second-order valence-electron chi connectivity index (χ2n) is 13.9. The van der Waals surface area contributed by atoms with Crippen LogP contribution < -0.4 is 0 Å². The van der Waals surface area contributed by atoms with Crippen molar-refractivity contribution in [1.29, 1.82) is 0 Å². The van der Waals surface area contributed by atoms with E-state index in [1.54, 1.807) is 0 Å². The van der Waals surface area contributed by atoms with Crippen molar-refractivity contribution in [1.82, 2.24) is 0 Å². The first kappa shape index (κ1) is 32.3. The molecule has 4 aliphatic rings. The lowest BCUT2D eigenvalue weighted by atomic mass is 9.43. The standard InChI is InChI=1S/C28H48O10S2/c1-16(2)17(3)6-7-18(15-37-39(31,32)33)20-10-11-21-19-8-9-22-26(30)24(38-40(34,35)36)12-13-27(22,4)25(19)23(29)14-28(20,21)5/h16,18-26,29-30H,3,6-15H2,1-2,4-5H3,(H,31,32,33)(H,34,35,36)/t18-,19?,20+,21?,22+,23-,24+,25?,26-,27-,28+/m0/s1. The topological polar surface area (TPSA) is 168 Å². The van der Waals surface area contributed by atoms with Crippen molar-refractivity contribution in [2.75, 3.05) is 6.61 Å². The first-order valence-corrected chi connectivity index (χ1v) is 17.4. The Bertz CT molecular complexity index is 1150. The predicted octanol–water partition coefficient (Wildman–Crippen LogP) is 4.20. The summed E-state index contributed by atoms with van der Waals surface area (Å²) in [5.74, 6) is 0.453. The van der Waals surface area contributed by atoms with Crippen LogP contribution in [0.3, 0.4) is 0 Å². The lowest BCUT2D eigenvalue weighted by Gasteiger charge is -2.63. The van der Waals surface area contributed by atoms with E-state index >= 15 is 0 Å². The Kier molecular flexibility index (Phi) is 9.28. The van der Waals surface area contributed by atoms with Crippen molar-refractivity contribution in [3.05, 3.63) is 12.2 Å². The van der Waals surface area contributed by atoms with E-state index in [0.29, 0.717) is 37.5 Å². The average Bonchev–Trinajstić information content (AvgIpc) is 3.15. The number of hydrogen-bond acceptors (Lipinski definition) is 8. The van der Waals surface area contributed by atoms with E-state index in [1.807, 2.05) is 0 Å². The quantitative estimate of drug-likeness (QED) is 0.208. The summed E-state index contributed by atoms with van der Waals surface area (Å²) in [6.45, 7) is 12.5. The van der Waals surface area contributed by atoms with Crippen LogP contribution >= 0.6 is 0 Å². The summed E-state index contributed by atoms with van der Waals surface area (Å²) in [6.07, 6.45) is 3.35. The van der Waals surface area contributed by atoms with Gasteiger partial charge in [0.2, 0.25) is 0 Å². The highest BCUT2D eigenvalue weighted by molar-refractivity contribution is 7.81. The van der Waals surface area contributed by atoms with Gasteiger partial charge in [-0.2, -0.15) is 16.8 Å². The van der Waals surface area contributed by atoms with Crippen LogP contribution in [0, 0.1) is 52.3 Å². The van der Waals surface area contributed by atoms with Crippen LogP contribution in [0.25, 0.3) is 0 Å². The highest BCUT2D eigenvalue weighted by atomic mass is 32.3. The number of allylic oxidation sites excluding steroid dienone is 1. The summed E-state index contributed by atoms with van der Waals surface area (Å²) >= 11 is 0. The monoisotopic (exact) mass is 608 g/mol. The molecule has 0 aromatic rings. The maximum Gasteiger partial charge on any atom is 0.397 e. The van der Waals surface area contributed by atoms with Gasteiger partial charge >= 0.3 is 20.8 Å². The van der Waals surface area contributed by atoms with E-state index in [2.05, 4.69) is 34.3 Å². The summed E-state index contributed by atoms with van der Waals surface area (Å²) in [5.41, 5.74) is 0.418. The second kappa shape index (κ2) is 11.5. The van der Waals surface area contributed by atoms with Gasteiger partial charge in [0.15, 0.2) is 0 Å². The maximum absolute atomic E-state index is 11.8. The van der Waals surface area contributed by atoms with Gasteiger partial charge in [0.25, 0.3) is 0 Å². The molecule has 0 radical (unpaired) electrons. The normalized spacial score (nSPS) is 42.6. The molecule has 12 heteroatoms. The van der Waals surface area contributed by atoms with Crippen LogP contribution in [0.15, 0.2) is 12.2 Å². The summed E-state index contributed by atoms with van der Waals surface area (Å²) in [6, 6.07) is 0. The third kappa shape index (κ3) is 6.34. The van der Waals surface area contributed by atoms with E-state index < -0.39 is 44.5 Å². The molecule has 4 N–H and O–H groups in total. The molecular weight excluding hydrogens is 560 g/mol. The summed E-state index contributed by atoms with van der Waals surface area (Å²) in [7, 11) is -9.27. The van der Waals surface area contributed by atoms with E-state index in [-0.39, 0.29) is 48.0 Å². The van der Waals surface area contributed by atoms with E-state index in [4.69, 9.17) is 8.37 Å². The molecule has 0 amide bonds. The van der Waals surface area contributed by atoms with Crippen molar-refractivity contribution in [2.24, 2.45) is 52.3 Å². The molecule has 0 aromatic carbocycles. The molecule has 4 fully saturated rings. The summed E-state index contributed by atoms with van der Waals surface area (Å²) in [4.78, 5) is 0. The fraction of sp³-hybridized carbons (Fsp3) is 0.929. The Hall–Kier alpha value is -0.600. The van der Waals surface area contributed by atoms with Crippen LogP contribution in [0.2, 0.25) is 0 Å². The van der Waals surface area contributed by atoms with Gasteiger partial charge in [-0.15, -0.1) is 0 Å². The fourth-order valence-corrected chi connectivity index (χ4v) is 10.6. The number of hydrogen-bond donors (Lipinski definition) is 4. The maximum atomic E-state index is 11.8. The molecule has 10 nitrogen and oxygen atoms in total. The molecule has 0 saturated heterocycles. The van der Waals surface area contributed by atoms with Crippen LogP contribution in [0.5, 0.6) is 0 Å². The smallest absolute Gasteiger partial charge is 0.393 e. The highest BCUT2D eigenvalue weighted by Gasteiger charge is 2.65. The Morgan fingerprint density at radius 2 is 1.60 bits per heavy atom. The van der Waals surface area contributed by atoms with Gasteiger partial charge < -0.3 is 10.2 Å². The number of fused-ring (bicyclic) bond motifs is 5. The minimum Gasteiger partial charge on any atom is -0.393 e. The molecule has 40 heavy (non-hydrogen) atoms. The molecular formula is C28H48O10S2. The van der Waals surface area contributed by atoms with Crippen LogP contribution in [-0.2, 0) is 29.2 Å². The number of aliphatic hydroxyl groups excluding tert-OH is 2. The first-order valence-electron chi connectivity index (χ1n) is 14.7. The molecule has 3 unspecified atom stereocenters. The zero-order valence-electron chi connectivity index (χ0n) is 24.1. The minimum absolute atomic E-state index is 0.0716. The van der Waals surface area contributed by atoms with E-state index in [0.717, 1.165) is 31.3 Å². The Morgan fingerprint density at radius 3 is 2.20 bits per heavy atom. The second-order valence-corrected chi connectivity index (χ2v) is 16.0. The van der Waals surface area contributed by atoms with Crippen molar-refractivity contribution in [3.8, 4) is 0 Å². The number of rotatable bonds is 10. The van der Waals surface area contributed by atoms with Crippen molar-refractivity contribution >= 4 is 20.8 Å². The molecule has 0 aromatic heterocycles. The molecule has 0 aliphatic heterocycles. The van der Waals surface area contributed by atoms with Gasteiger partial charge in [-0.1, -0.05) is 39.8 Å². The third-order valence-corrected chi connectivity index (χ3v) is 12.5. The van der Waals surface area contributed by atoms with Crippen LogP contribution in [0.1, 0.15) is 85.5 Å². The van der Waals surface area contributed by atoms with E-state index in [9.17, 15) is 36.2 Å². The molecule has 0 bridgehead atoms. The molecule has 11 atom stereocenters. The predicted molar refractivity (Wildman–Crippen MR) is 149 cm³/mol. The van der Waals surface area contributed by atoms with E-state index in [1.165, 1.54) is 0 Å². The Labute approximate surface area is 239 Å². The van der Waals surface area contributed by atoms with Gasteiger partial charge in [-0.25, -0.2) is 8.37 Å². The zero-order valence-corrected chi connectivity index (χ0v) is 25.7. The lowest BCUT2D eigenvalue weighted by Crippen LogP contribution is -2.62. The molecule has 0 spiro atoms. The van der Waals surface area contributed by atoms with Gasteiger partial charge in [0.1, 0.15) is 6.10 Å². The van der Waals surface area contributed by atoms with Crippen molar-refractivity contribution in [3.63, 3.8) is 0 Å². The first-order chi connectivity index (χ1) is 18.4. The zero-order chi connectivity index (χ0) is 29.8. The molecule has 4 saturated carbocycles. The van der Waals surface area contributed by atoms with Gasteiger partial charge in [0, 0.05) is 0 Å². The van der Waals surface area contributed by atoms with Crippen molar-refractivity contribution < 1.29 is 44.5 Å². The lowest BCUT2D eigenvalue weighted by molar-refractivity contribution is -0.205. The SMILES string of the molecule is C=C(CC[C@@H](COS(=O)(=O)O)[C@H]1CCC2C3CC[C@@H]4[C@H](O)[C@H](OS(=O)(=O)O)CC[C@]4(C)C3[C@@H](O)C[C@@]21C)C(C)C. The Balaban J connectivity index is 1.57. The number of aliphatic hydroxyl groups is 2. The van der Waals surface area contributed by atoms with Crippen LogP contribution in [0.4, 0.5) is 0 Å². The Morgan fingerprint density at radius 1 is 0.950 bits per heavy atom. The van der Waals surface area contributed by atoms with Crippen molar-refractivity contribution in [2.45, 2.75) is 104 Å².